The van der Waals surface area contributed by atoms with Gasteiger partial charge in [0, 0.05) is 18.1 Å². The molecule has 1 aliphatic heterocycles. The minimum absolute atomic E-state index is 0.0492. The number of hydrogen-bond acceptors (Lipinski definition) is 5. The Kier molecular flexibility index (Phi) is 5.15. The van der Waals surface area contributed by atoms with Crippen molar-refractivity contribution >= 4 is 10.9 Å². The van der Waals surface area contributed by atoms with Crippen molar-refractivity contribution in [2.24, 2.45) is 5.92 Å². The van der Waals surface area contributed by atoms with Gasteiger partial charge in [-0.1, -0.05) is 26.0 Å². The third kappa shape index (κ3) is 3.53. The van der Waals surface area contributed by atoms with Gasteiger partial charge in [0.1, 0.15) is 0 Å². The van der Waals surface area contributed by atoms with Gasteiger partial charge in [0.2, 0.25) is 0 Å². The Labute approximate surface area is 167 Å². The summed E-state index contributed by atoms with van der Waals surface area (Å²) in [5, 5.41) is 14.2. The number of rotatable bonds is 5. The molecule has 1 saturated heterocycles. The van der Waals surface area contributed by atoms with Gasteiger partial charge in [0.15, 0.2) is 5.82 Å². The lowest BCUT2D eigenvalue weighted by atomic mass is 9.94. The molecule has 0 spiro atoms. The predicted octanol–water partition coefficient (Wildman–Crippen LogP) is 4.19. The van der Waals surface area contributed by atoms with E-state index in [0.717, 1.165) is 36.2 Å². The normalized spacial score (nSPS) is 19.8. The third-order valence-corrected chi connectivity index (χ3v) is 6.17. The van der Waals surface area contributed by atoms with Crippen molar-refractivity contribution in [2.75, 3.05) is 13.1 Å². The van der Waals surface area contributed by atoms with Crippen LogP contribution in [0.5, 0.6) is 0 Å². The topological polar surface area (TPSA) is 59.7 Å². The molecule has 6 heteroatoms. The van der Waals surface area contributed by atoms with E-state index in [-0.39, 0.29) is 11.6 Å². The Bertz CT molecular complexity index is 947. The molecule has 3 heterocycles. The van der Waals surface area contributed by atoms with E-state index in [1.54, 1.807) is 0 Å². The average molecular weight is 379 g/mol. The molecule has 1 aliphatic rings. The molecule has 0 aliphatic carbocycles. The summed E-state index contributed by atoms with van der Waals surface area (Å²) in [5.41, 5.74) is 2.12. The van der Waals surface area contributed by atoms with Gasteiger partial charge in [0.25, 0.3) is 0 Å². The number of benzene rings is 1. The van der Waals surface area contributed by atoms with Gasteiger partial charge in [-0.05, 0) is 79.8 Å². The van der Waals surface area contributed by atoms with E-state index in [9.17, 15) is 0 Å². The largest absolute Gasteiger partial charge is 0.289 e. The molecule has 0 unspecified atom stereocenters. The molecule has 6 nitrogen and oxygen atoms in total. The highest BCUT2D eigenvalue weighted by Gasteiger charge is 2.34. The van der Waals surface area contributed by atoms with Crippen LogP contribution < -0.4 is 0 Å². The van der Waals surface area contributed by atoms with Gasteiger partial charge < -0.3 is 0 Å². The average Bonchev–Trinajstić information content (AvgIpc) is 3.18. The van der Waals surface area contributed by atoms with Crippen LogP contribution in [0.4, 0.5) is 0 Å². The minimum Gasteiger partial charge on any atom is -0.289 e. The maximum Gasteiger partial charge on any atom is 0.173 e. The van der Waals surface area contributed by atoms with E-state index >= 15 is 0 Å². The first kappa shape index (κ1) is 19.0. The summed E-state index contributed by atoms with van der Waals surface area (Å²) in [6.07, 6.45) is 5.31. The Balaban J connectivity index is 1.84. The van der Waals surface area contributed by atoms with Crippen molar-refractivity contribution in [1.82, 2.24) is 30.1 Å². The summed E-state index contributed by atoms with van der Waals surface area (Å²) in [5.74, 6) is 1.62. The van der Waals surface area contributed by atoms with E-state index in [1.165, 1.54) is 18.4 Å². The number of hydrogen-bond donors (Lipinski definition) is 0. The van der Waals surface area contributed by atoms with E-state index in [2.05, 4.69) is 77.4 Å². The lowest BCUT2D eigenvalue weighted by Gasteiger charge is -2.38. The van der Waals surface area contributed by atoms with Gasteiger partial charge in [-0.25, -0.2) is 4.68 Å². The summed E-state index contributed by atoms with van der Waals surface area (Å²) < 4.78 is 2.03. The fourth-order valence-electron chi connectivity index (χ4n) is 4.19. The van der Waals surface area contributed by atoms with E-state index < -0.39 is 0 Å². The fraction of sp³-hybridized carbons (Fsp3) is 0.545. The molecule has 0 saturated carbocycles. The van der Waals surface area contributed by atoms with E-state index in [1.807, 2.05) is 16.9 Å². The van der Waals surface area contributed by atoms with Crippen LogP contribution in [0.3, 0.4) is 0 Å². The molecular formula is C22H30N6. The Morgan fingerprint density at radius 1 is 1.25 bits per heavy atom. The first-order valence-corrected chi connectivity index (χ1v) is 10.4. The molecule has 4 rings (SSSR count). The molecule has 3 aromatic rings. The Morgan fingerprint density at radius 2 is 2.11 bits per heavy atom. The van der Waals surface area contributed by atoms with Gasteiger partial charge in [-0.15, -0.1) is 5.10 Å². The van der Waals surface area contributed by atoms with Crippen LogP contribution >= 0.6 is 0 Å². The fourth-order valence-corrected chi connectivity index (χ4v) is 4.19. The molecule has 1 aromatic carbocycles. The lowest BCUT2D eigenvalue weighted by Crippen LogP contribution is -2.40. The standard InChI is InChI=1S/C22H30N6/c1-5-22(3,4)28-21(24-25-26-28)20(27-13-7-8-16(2)15-27)18-10-11-19-17(14-18)9-6-12-23-19/h6,9-12,14,16,20H,5,7-8,13,15H2,1-4H3/t16-,20+/m0/s1. The van der Waals surface area contributed by atoms with Crippen molar-refractivity contribution in [3.63, 3.8) is 0 Å². The monoisotopic (exact) mass is 378 g/mol. The van der Waals surface area contributed by atoms with Gasteiger partial charge in [-0.2, -0.15) is 0 Å². The quantitative estimate of drug-likeness (QED) is 0.666. The highest BCUT2D eigenvalue weighted by atomic mass is 15.6. The summed E-state index contributed by atoms with van der Waals surface area (Å²) in [6.45, 7) is 11.1. The molecule has 0 N–H and O–H groups in total. The third-order valence-electron chi connectivity index (χ3n) is 6.17. The molecule has 2 atom stereocenters. The van der Waals surface area contributed by atoms with Crippen LogP contribution in [0, 0.1) is 5.92 Å². The first-order valence-electron chi connectivity index (χ1n) is 10.4. The molecule has 28 heavy (non-hydrogen) atoms. The van der Waals surface area contributed by atoms with Crippen molar-refractivity contribution in [2.45, 2.75) is 58.5 Å². The summed E-state index contributed by atoms with van der Waals surface area (Å²) in [6, 6.07) is 10.7. The van der Waals surface area contributed by atoms with Crippen LogP contribution in [-0.4, -0.2) is 43.2 Å². The SMILES string of the molecule is CCC(C)(C)n1nnnc1[C@@H](c1ccc2ncccc2c1)N1CCC[C@H](C)C1. The van der Waals surface area contributed by atoms with Gasteiger partial charge >= 0.3 is 0 Å². The predicted molar refractivity (Wildman–Crippen MR) is 111 cm³/mol. The minimum atomic E-state index is -0.128. The first-order chi connectivity index (χ1) is 13.5. The van der Waals surface area contributed by atoms with E-state index in [4.69, 9.17) is 0 Å². The highest BCUT2D eigenvalue weighted by Crippen LogP contribution is 2.34. The second-order valence-corrected chi connectivity index (χ2v) is 8.72. The van der Waals surface area contributed by atoms with Gasteiger partial charge in [0.05, 0.1) is 17.1 Å². The number of likely N-dealkylation sites (tertiary alicyclic amines) is 1. The zero-order chi connectivity index (χ0) is 19.7. The molecule has 1 fully saturated rings. The van der Waals surface area contributed by atoms with Gasteiger partial charge in [-0.3, -0.25) is 9.88 Å². The summed E-state index contributed by atoms with van der Waals surface area (Å²) in [7, 11) is 0. The van der Waals surface area contributed by atoms with Crippen molar-refractivity contribution in [3.05, 3.63) is 47.9 Å². The van der Waals surface area contributed by atoms with Crippen LogP contribution in [0.1, 0.15) is 64.4 Å². The van der Waals surface area contributed by atoms with Crippen molar-refractivity contribution < 1.29 is 0 Å². The number of piperidine rings is 1. The number of pyridine rings is 1. The van der Waals surface area contributed by atoms with Crippen molar-refractivity contribution in [3.8, 4) is 0 Å². The molecule has 0 radical (unpaired) electrons. The van der Waals surface area contributed by atoms with Crippen LogP contribution in [0.25, 0.3) is 10.9 Å². The molecule has 148 valence electrons. The number of nitrogens with zero attached hydrogens (tertiary/aromatic N) is 6. The van der Waals surface area contributed by atoms with Crippen LogP contribution in [0.15, 0.2) is 36.5 Å². The maximum atomic E-state index is 4.53. The zero-order valence-corrected chi connectivity index (χ0v) is 17.3. The lowest BCUT2D eigenvalue weighted by molar-refractivity contribution is 0.136. The van der Waals surface area contributed by atoms with Crippen LogP contribution in [-0.2, 0) is 5.54 Å². The second kappa shape index (κ2) is 7.59. The summed E-state index contributed by atoms with van der Waals surface area (Å²) in [4.78, 5) is 7.04. The molecule has 0 amide bonds. The zero-order valence-electron chi connectivity index (χ0n) is 17.3. The molecular weight excluding hydrogens is 348 g/mol. The van der Waals surface area contributed by atoms with E-state index in [0.29, 0.717) is 5.92 Å². The maximum absolute atomic E-state index is 4.53. The Morgan fingerprint density at radius 3 is 2.89 bits per heavy atom. The molecule has 0 bridgehead atoms. The van der Waals surface area contributed by atoms with Crippen molar-refractivity contribution in [1.29, 1.82) is 0 Å². The summed E-state index contributed by atoms with van der Waals surface area (Å²) >= 11 is 0. The Hall–Kier alpha value is -2.34. The number of aromatic nitrogens is 5. The smallest absolute Gasteiger partial charge is 0.173 e. The molecule has 2 aromatic heterocycles. The van der Waals surface area contributed by atoms with Crippen LogP contribution in [0.2, 0.25) is 0 Å². The number of fused-ring (bicyclic) bond motifs is 1. The highest BCUT2D eigenvalue weighted by molar-refractivity contribution is 5.79. The number of tetrazole rings is 1. The second-order valence-electron chi connectivity index (χ2n) is 8.72.